The van der Waals surface area contributed by atoms with Crippen LogP contribution in [0.2, 0.25) is 0 Å². The molecular weight excluding hydrogens is 611 g/mol. The minimum atomic E-state index is -0.496. The molecule has 256 valence electrons. The third-order valence-electron chi connectivity index (χ3n) is 16.0. The van der Waals surface area contributed by atoms with Crippen LogP contribution < -0.4 is 4.74 Å². The Morgan fingerprint density at radius 2 is 1.69 bits per heavy atom. The maximum absolute atomic E-state index is 14.8. The standard InChI is InChI=1S/C43H55NO3S/c1-26-17-22-43(38(46)47-29-12-10-11-28(25-29)37-44-31-13-8-9-14-32(31)48-37)24-23-41(6)30(36(43)27(26)2)15-16-34-40(5)20-19-35(45)39(3,4)33(40)18-21-42(34,41)7/h8-15,25-27,33-36,45H,16-24H2,1-7H3/t26-,27+,33+,34-,35+,36+,40+,41-,42-,43+/m1/s1. The summed E-state index contributed by atoms with van der Waals surface area (Å²) in [5.41, 5.74) is 3.46. The van der Waals surface area contributed by atoms with Gasteiger partial charge in [-0.2, -0.15) is 0 Å². The minimum Gasteiger partial charge on any atom is -0.426 e. The van der Waals surface area contributed by atoms with Crippen molar-refractivity contribution in [2.24, 2.45) is 56.7 Å². The molecule has 10 atom stereocenters. The van der Waals surface area contributed by atoms with Crippen LogP contribution in [0.1, 0.15) is 106 Å². The van der Waals surface area contributed by atoms with E-state index >= 15 is 0 Å². The first-order chi connectivity index (χ1) is 22.7. The highest BCUT2D eigenvalue weighted by atomic mass is 32.1. The van der Waals surface area contributed by atoms with Crippen molar-refractivity contribution in [3.63, 3.8) is 0 Å². The summed E-state index contributed by atoms with van der Waals surface area (Å²) in [6.45, 7) is 17.3. The Kier molecular flexibility index (Phi) is 7.49. The fourth-order valence-corrected chi connectivity index (χ4v) is 13.7. The molecule has 0 bridgehead atoms. The van der Waals surface area contributed by atoms with Crippen molar-refractivity contribution in [1.82, 2.24) is 4.98 Å². The first-order valence-electron chi connectivity index (χ1n) is 18.8. The maximum Gasteiger partial charge on any atom is 0.318 e. The van der Waals surface area contributed by atoms with Crippen molar-refractivity contribution in [3.8, 4) is 16.3 Å². The molecule has 8 rings (SSSR count). The lowest BCUT2D eigenvalue weighted by Crippen LogP contribution is -2.65. The lowest BCUT2D eigenvalue weighted by Gasteiger charge is -2.71. The number of benzene rings is 2. The quantitative estimate of drug-likeness (QED) is 0.172. The summed E-state index contributed by atoms with van der Waals surface area (Å²) < 4.78 is 7.65. The Bertz CT molecular complexity index is 1760. The molecule has 0 aliphatic heterocycles. The van der Waals surface area contributed by atoms with Gasteiger partial charge in [-0.25, -0.2) is 4.98 Å². The number of hydrogen-bond donors (Lipinski definition) is 1. The summed E-state index contributed by atoms with van der Waals surface area (Å²) in [5, 5.41) is 12.1. The van der Waals surface area contributed by atoms with Crippen molar-refractivity contribution in [2.45, 2.75) is 112 Å². The zero-order valence-electron chi connectivity index (χ0n) is 30.1. The number of rotatable bonds is 3. The smallest absolute Gasteiger partial charge is 0.318 e. The first kappa shape index (κ1) is 32.7. The summed E-state index contributed by atoms with van der Waals surface area (Å²) in [7, 11) is 0. The molecule has 2 aromatic carbocycles. The molecule has 5 aliphatic rings. The molecule has 4 nitrogen and oxygen atoms in total. The SMILES string of the molecule is C[C@H]1[C@H](C)CC[C@]2(C(=O)Oc3cccc(-c4nc5ccccc5s4)c3)CC[C@]3(C)C(=CC[C@@H]4[C@@]5(C)CC[C@H](O)C(C)(C)[C@@H]5CC[C@]43C)[C@H]12. The zero-order chi connectivity index (χ0) is 33.9. The van der Waals surface area contributed by atoms with Gasteiger partial charge in [0.2, 0.25) is 0 Å². The van der Waals surface area contributed by atoms with Gasteiger partial charge < -0.3 is 9.84 Å². The number of hydrogen-bond acceptors (Lipinski definition) is 5. The number of esters is 1. The average Bonchev–Trinajstić information content (AvgIpc) is 3.50. The Balaban J connectivity index is 1.14. The average molecular weight is 666 g/mol. The lowest BCUT2D eigenvalue weighted by atomic mass is 9.33. The van der Waals surface area contributed by atoms with Crippen LogP contribution in [-0.2, 0) is 4.79 Å². The second-order valence-corrected chi connectivity index (χ2v) is 19.1. The Morgan fingerprint density at radius 3 is 2.48 bits per heavy atom. The van der Waals surface area contributed by atoms with E-state index in [1.165, 1.54) is 12.8 Å². The van der Waals surface area contributed by atoms with Gasteiger partial charge in [0.15, 0.2) is 0 Å². The molecule has 5 aliphatic carbocycles. The van der Waals surface area contributed by atoms with Crippen LogP contribution in [0.25, 0.3) is 20.8 Å². The molecule has 0 amide bonds. The van der Waals surface area contributed by atoms with Gasteiger partial charge in [-0.05, 0) is 133 Å². The normalized spacial score (nSPS) is 41.7. The van der Waals surface area contributed by atoms with Crippen LogP contribution in [-0.4, -0.2) is 22.2 Å². The summed E-state index contributed by atoms with van der Waals surface area (Å²) in [6.07, 6.45) is 11.8. The number of thiazole rings is 1. The number of para-hydroxylation sites is 1. The van der Waals surface area contributed by atoms with Gasteiger partial charge in [0.1, 0.15) is 10.8 Å². The maximum atomic E-state index is 14.8. The third kappa shape index (κ3) is 4.41. The van der Waals surface area contributed by atoms with Crippen LogP contribution in [0.4, 0.5) is 0 Å². The number of aromatic nitrogens is 1. The zero-order valence-corrected chi connectivity index (χ0v) is 31.0. The number of carbonyl (C=O) groups excluding carboxylic acids is 1. The lowest BCUT2D eigenvalue weighted by molar-refractivity contribution is -0.206. The molecule has 0 unspecified atom stereocenters. The fraction of sp³-hybridized carbons (Fsp3) is 0.628. The number of aliphatic hydroxyl groups excluding tert-OH is 1. The van der Waals surface area contributed by atoms with E-state index in [4.69, 9.17) is 9.72 Å². The molecule has 1 aromatic heterocycles. The minimum absolute atomic E-state index is 0.0263. The first-order valence-corrected chi connectivity index (χ1v) is 19.6. The monoisotopic (exact) mass is 665 g/mol. The van der Waals surface area contributed by atoms with Crippen LogP contribution in [0.5, 0.6) is 5.75 Å². The molecule has 0 saturated heterocycles. The van der Waals surface area contributed by atoms with Crippen molar-refractivity contribution >= 4 is 27.5 Å². The second kappa shape index (κ2) is 11.0. The van der Waals surface area contributed by atoms with Crippen molar-refractivity contribution in [1.29, 1.82) is 0 Å². The number of ether oxygens (including phenoxy) is 1. The Morgan fingerprint density at radius 1 is 0.896 bits per heavy atom. The van der Waals surface area contributed by atoms with Crippen molar-refractivity contribution in [2.75, 3.05) is 0 Å². The van der Waals surface area contributed by atoms with Crippen LogP contribution >= 0.6 is 11.3 Å². The van der Waals surface area contributed by atoms with Gasteiger partial charge in [0.05, 0.1) is 21.7 Å². The van der Waals surface area contributed by atoms with Crippen LogP contribution in [0.15, 0.2) is 60.2 Å². The largest absolute Gasteiger partial charge is 0.426 e. The molecular formula is C43H55NO3S. The molecule has 0 radical (unpaired) electrons. The summed E-state index contributed by atoms with van der Waals surface area (Å²) in [4.78, 5) is 19.6. The topological polar surface area (TPSA) is 59.4 Å². The molecule has 0 spiro atoms. The molecule has 4 saturated carbocycles. The molecule has 1 heterocycles. The summed E-state index contributed by atoms with van der Waals surface area (Å²) >= 11 is 1.68. The second-order valence-electron chi connectivity index (χ2n) is 18.1. The fourth-order valence-electron chi connectivity index (χ4n) is 12.7. The Labute approximate surface area is 291 Å². The van der Waals surface area contributed by atoms with E-state index in [0.717, 1.165) is 65.7 Å². The van der Waals surface area contributed by atoms with Gasteiger partial charge in [0, 0.05) is 5.56 Å². The number of fused-ring (bicyclic) bond motifs is 8. The van der Waals surface area contributed by atoms with E-state index in [2.05, 4.69) is 78.8 Å². The number of nitrogens with zero attached hydrogens (tertiary/aromatic N) is 1. The highest BCUT2D eigenvalue weighted by molar-refractivity contribution is 7.21. The van der Waals surface area contributed by atoms with Crippen molar-refractivity contribution in [3.05, 3.63) is 60.2 Å². The van der Waals surface area contributed by atoms with Crippen LogP contribution in [0, 0.1) is 56.7 Å². The van der Waals surface area contributed by atoms with E-state index in [9.17, 15) is 9.90 Å². The predicted molar refractivity (Wildman–Crippen MR) is 196 cm³/mol. The predicted octanol–water partition coefficient (Wildman–Crippen LogP) is 10.9. The highest BCUT2D eigenvalue weighted by Gasteiger charge is 2.69. The molecule has 5 heteroatoms. The van der Waals surface area contributed by atoms with Gasteiger partial charge in [0.25, 0.3) is 0 Å². The number of carbonyl (C=O) groups is 1. The molecule has 48 heavy (non-hydrogen) atoms. The Hall–Kier alpha value is -2.50. The van der Waals surface area contributed by atoms with Gasteiger partial charge >= 0.3 is 5.97 Å². The van der Waals surface area contributed by atoms with Crippen LogP contribution in [0.3, 0.4) is 0 Å². The van der Waals surface area contributed by atoms with E-state index in [-0.39, 0.29) is 39.7 Å². The number of allylic oxidation sites excluding steroid dienone is 2. The molecule has 3 aromatic rings. The number of aliphatic hydroxyl groups is 1. The summed E-state index contributed by atoms with van der Waals surface area (Å²) in [5.74, 6) is 2.92. The van der Waals surface area contributed by atoms with E-state index in [1.54, 1.807) is 16.9 Å². The van der Waals surface area contributed by atoms with E-state index < -0.39 is 5.41 Å². The van der Waals surface area contributed by atoms with Crippen molar-refractivity contribution < 1.29 is 14.6 Å². The highest BCUT2D eigenvalue weighted by Crippen LogP contribution is 2.75. The van der Waals surface area contributed by atoms with Gasteiger partial charge in [-0.3, -0.25) is 4.79 Å². The van der Waals surface area contributed by atoms with Gasteiger partial charge in [-0.15, -0.1) is 11.3 Å². The third-order valence-corrected chi connectivity index (χ3v) is 17.0. The molecule has 1 N–H and O–H groups in total. The van der Waals surface area contributed by atoms with E-state index in [0.29, 0.717) is 29.4 Å². The van der Waals surface area contributed by atoms with E-state index in [1.807, 2.05) is 24.3 Å². The van der Waals surface area contributed by atoms with Gasteiger partial charge in [-0.1, -0.05) is 84.4 Å². The summed E-state index contributed by atoms with van der Waals surface area (Å²) in [6, 6.07) is 16.2. The molecule has 4 fully saturated rings.